The number of nitrogens with two attached hydrogens (primary N) is 1. The summed E-state index contributed by atoms with van der Waals surface area (Å²) in [6.45, 7) is 6.77. The van der Waals surface area contributed by atoms with Crippen LogP contribution in [0.3, 0.4) is 0 Å². The van der Waals surface area contributed by atoms with E-state index in [4.69, 9.17) is 6.58 Å². The fourth-order valence-electron chi connectivity index (χ4n) is 0.258. The normalized spacial score (nSPS) is 14.6. The molecule has 0 aromatic heterocycles. The number of hydrogen-bond acceptors (Lipinski definition) is 3. The van der Waals surface area contributed by atoms with Crippen molar-refractivity contribution in [2.45, 2.75) is 6.92 Å². The van der Waals surface area contributed by atoms with E-state index >= 15 is 0 Å². The minimum absolute atomic E-state index is 0.00463. The average Bonchev–Trinajstić information content (AvgIpc) is 1.81. The first-order valence-electron chi connectivity index (χ1n) is 2.68. The molecule has 0 fully saturated rings. The van der Waals surface area contributed by atoms with E-state index < -0.39 is 10.3 Å². The van der Waals surface area contributed by atoms with Crippen LogP contribution in [0, 0.1) is 12.5 Å². The molecule has 5 heteroatoms. The van der Waals surface area contributed by atoms with Gasteiger partial charge < -0.3 is 0 Å². The largest absolute Gasteiger partial charge is 0.333 e. The highest BCUT2D eigenvalue weighted by atomic mass is 32.2. The first-order valence-corrected chi connectivity index (χ1v) is 4.15. The highest BCUT2D eigenvalue weighted by Crippen LogP contribution is 1.96. The van der Waals surface area contributed by atoms with Crippen molar-refractivity contribution in [1.29, 1.82) is 0 Å². The van der Waals surface area contributed by atoms with E-state index in [0.717, 1.165) is 0 Å². The Kier molecular flexibility index (Phi) is 3.55. The molecule has 4 nitrogen and oxygen atoms in total. The summed E-state index contributed by atoms with van der Waals surface area (Å²) in [6, 6.07) is 0. The second-order valence-corrected chi connectivity index (χ2v) is 3.17. The van der Waals surface area contributed by atoms with Crippen molar-refractivity contribution < 1.29 is 12.6 Å². The van der Waals surface area contributed by atoms with Crippen molar-refractivity contribution >= 4 is 10.3 Å². The van der Waals surface area contributed by atoms with Gasteiger partial charge in [-0.1, -0.05) is 19.6 Å². The van der Waals surface area contributed by atoms with Gasteiger partial charge in [0, 0.05) is 0 Å². The Morgan fingerprint density at radius 2 is 2.30 bits per heavy atom. The molecule has 10 heavy (non-hydrogen) atoms. The van der Waals surface area contributed by atoms with Crippen LogP contribution in [0.5, 0.6) is 0 Å². The summed E-state index contributed by atoms with van der Waals surface area (Å²) < 4.78 is 24.5. The first-order chi connectivity index (χ1) is 4.45. The maximum atomic E-state index is 10.2. The van der Waals surface area contributed by atoms with Gasteiger partial charge >= 0.3 is 10.3 Å². The quantitative estimate of drug-likeness (QED) is 0.627. The fraction of sp³-hybridized carbons (Fsp3) is 0.600. The van der Waals surface area contributed by atoms with Crippen molar-refractivity contribution in [2.24, 2.45) is 11.1 Å². The molecule has 0 heterocycles. The molecule has 0 unspecified atom stereocenters. The van der Waals surface area contributed by atoms with E-state index in [9.17, 15) is 8.42 Å². The van der Waals surface area contributed by atoms with Crippen LogP contribution < -0.4 is 5.14 Å². The molecule has 0 spiro atoms. The zero-order chi connectivity index (χ0) is 8.20. The van der Waals surface area contributed by atoms with Crippen molar-refractivity contribution in [3.05, 3.63) is 12.7 Å². The minimum atomic E-state index is -3.80. The fourth-order valence-corrected chi connectivity index (χ4v) is 0.662. The predicted octanol–water partition coefficient (Wildman–Crippen LogP) is -0.168. The molecule has 0 aliphatic rings. The lowest BCUT2D eigenvalue weighted by molar-refractivity contribution is 0.289. The molecule has 0 amide bonds. The standard InChI is InChI=1S/C5H10NO3S/c1-3-5(2)4-9-10(6,7)8/h1,3,5H,4H2,2H3,(H2,6,7,8)/t5-/m1/s1. The number of rotatable bonds is 4. The van der Waals surface area contributed by atoms with Crippen LogP contribution in [0.4, 0.5) is 0 Å². The van der Waals surface area contributed by atoms with Crippen LogP contribution in [0.2, 0.25) is 0 Å². The van der Waals surface area contributed by atoms with Crippen molar-refractivity contribution in [2.75, 3.05) is 6.61 Å². The summed E-state index contributed by atoms with van der Waals surface area (Å²) in [4.78, 5) is 0. The summed E-state index contributed by atoms with van der Waals surface area (Å²) >= 11 is 0. The highest BCUT2D eigenvalue weighted by Gasteiger charge is 2.03. The van der Waals surface area contributed by atoms with E-state index in [1.165, 1.54) is 6.08 Å². The highest BCUT2D eigenvalue weighted by molar-refractivity contribution is 7.84. The molecule has 0 rings (SSSR count). The molecule has 0 aliphatic heterocycles. The van der Waals surface area contributed by atoms with E-state index in [2.05, 4.69) is 9.32 Å². The lowest BCUT2D eigenvalue weighted by Crippen LogP contribution is -2.18. The van der Waals surface area contributed by atoms with Gasteiger partial charge in [0.25, 0.3) is 0 Å². The van der Waals surface area contributed by atoms with Crippen molar-refractivity contribution in [3.8, 4) is 0 Å². The topological polar surface area (TPSA) is 69.4 Å². The molecular weight excluding hydrogens is 154 g/mol. The average molecular weight is 164 g/mol. The predicted molar refractivity (Wildman–Crippen MR) is 37.1 cm³/mol. The second kappa shape index (κ2) is 3.70. The maximum Gasteiger partial charge on any atom is 0.333 e. The monoisotopic (exact) mass is 164 g/mol. The van der Waals surface area contributed by atoms with Crippen LogP contribution in [0.15, 0.2) is 6.08 Å². The van der Waals surface area contributed by atoms with Gasteiger partial charge in [0.1, 0.15) is 0 Å². The van der Waals surface area contributed by atoms with Gasteiger partial charge in [-0.15, -0.1) is 0 Å². The Balaban J connectivity index is 3.66. The zero-order valence-electron chi connectivity index (χ0n) is 5.65. The summed E-state index contributed by atoms with van der Waals surface area (Å²) in [5.41, 5.74) is 0. The van der Waals surface area contributed by atoms with Gasteiger partial charge in [-0.05, 0) is 5.92 Å². The minimum Gasteiger partial charge on any atom is -0.258 e. The first kappa shape index (κ1) is 9.61. The van der Waals surface area contributed by atoms with Crippen LogP contribution >= 0.6 is 0 Å². The van der Waals surface area contributed by atoms with Gasteiger partial charge in [-0.25, -0.2) is 5.14 Å². The van der Waals surface area contributed by atoms with Gasteiger partial charge in [0.05, 0.1) is 6.61 Å². The molecule has 1 atom stereocenters. The molecular formula is C5H10NO3S. The summed E-state index contributed by atoms with van der Waals surface area (Å²) in [5, 5.41) is 4.53. The Morgan fingerprint density at radius 1 is 1.80 bits per heavy atom. The third-order valence-corrected chi connectivity index (χ3v) is 1.29. The number of hydrogen-bond donors (Lipinski definition) is 1. The van der Waals surface area contributed by atoms with Gasteiger partial charge in [0.2, 0.25) is 0 Å². The van der Waals surface area contributed by atoms with Gasteiger partial charge in [-0.2, -0.15) is 8.42 Å². The molecule has 59 valence electrons. The lowest BCUT2D eigenvalue weighted by atomic mass is 10.2. The molecule has 0 aliphatic carbocycles. The summed E-state index contributed by atoms with van der Waals surface area (Å²) in [6.07, 6.45) is 1.34. The molecule has 1 radical (unpaired) electrons. The Morgan fingerprint density at radius 3 is 2.60 bits per heavy atom. The molecule has 0 saturated carbocycles. The molecule has 0 aromatic rings. The van der Waals surface area contributed by atoms with Gasteiger partial charge in [0.15, 0.2) is 0 Å². The van der Waals surface area contributed by atoms with E-state index in [0.29, 0.717) is 0 Å². The smallest absolute Gasteiger partial charge is 0.258 e. The van der Waals surface area contributed by atoms with E-state index in [1.54, 1.807) is 6.92 Å². The third kappa shape index (κ3) is 5.74. The maximum absolute atomic E-state index is 10.2. The molecule has 2 N–H and O–H groups in total. The van der Waals surface area contributed by atoms with E-state index in [1.807, 2.05) is 0 Å². The summed E-state index contributed by atoms with van der Waals surface area (Å²) in [5.74, 6) is -0.113. The van der Waals surface area contributed by atoms with Crippen LogP contribution in [0.25, 0.3) is 0 Å². The second-order valence-electron chi connectivity index (χ2n) is 1.95. The van der Waals surface area contributed by atoms with Gasteiger partial charge in [-0.3, -0.25) is 4.18 Å². The molecule has 0 aromatic carbocycles. The molecule has 0 saturated heterocycles. The Bertz CT molecular complexity index is 197. The third-order valence-electron chi connectivity index (χ3n) is 0.824. The van der Waals surface area contributed by atoms with Crippen molar-refractivity contribution in [1.82, 2.24) is 0 Å². The van der Waals surface area contributed by atoms with Crippen LogP contribution in [0.1, 0.15) is 6.92 Å². The zero-order valence-corrected chi connectivity index (χ0v) is 6.47. The van der Waals surface area contributed by atoms with Crippen LogP contribution in [-0.2, 0) is 14.5 Å². The van der Waals surface area contributed by atoms with Crippen molar-refractivity contribution in [3.63, 3.8) is 0 Å². The van der Waals surface area contributed by atoms with Crippen LogP contribution in [-0.4, -0.2) is 15.0 Å². The SMILES string of the molecule is [CH]=C[C@@H](C)COS(N)(=O)=O. The Hall–Kier alpha value is -0.390. The summed E-state index contributed by atoms with van der Waals surface area (Å²) in [7, 11) is -3.80. The molecule has 0 bridgehead atoms. The lowest BCUT2D eigenvalue weighted by Gasteiger charge is -2.03. The Labute approximate surface area is 60.9 Å². The van der Waals surface area contributed by atoms with E-state index in [-0.39, 0.29) is 12.5 Å².